The Kier molecular flexibility index (Phi) is 5.00. The molecule has 1 saturated heterocycles. The molecule has 0 aromatic heterocycles. The topological polar surface area (TPSA) is 66.5 Å². The molecule has 0 bridgehead atoms. The van der Waals surface area contributed by atoms with Crippen LogP contribution >= 0.6 is 0 Å². The minimum absolute atomic E-state index is 0.00639. The Bertz CT molecular complexity index is 613. The summed E-state index contributed by atoms with van der Waals surface area (Å²) in [4.78, 5) is 14.5. The highest BCUT2D eigenvalue weighted by atomic mass is 32.2. The molecule has 0 radical (unpaired) electrons. The first kappa shape index (κ1) is 16.0. The van der Waals surface area contributed by atoms with E-state index < -0.39 is 10.0 Å². The minimum Gasteiger partial charge on any atom is -0.334 e. The van der Waals surface area contributed by atoms with E-state index in [1.54, 1.807) is 0 Å². The quantitative estimate of drug-likeness (QED) is 0.917. The van der Waals surface area contributed by atoms with E-state index in [4.69, 9.17) is 0 Å². The number of rotatable bonds is 4. The number of nitrogens with one attached hydrogen (secondary N) is 1. The molecule has 116 valence electrons. The maximum atomic E-state index is 12.7. The van der Waals surface area contributed by atoms with Crippen LogP contribution in [0.1, 0.15) is 35.2 Å². The molecule has 1 N–H and O–H groups in total. The summed E-state index contributed by atoms with van der Waals surface area (Å²) in [6.45, 7) is 2.89. The van der Waals surface area contributed by atoms with E-state index in [1.807, 2.05) is 36.1 Å². The van der Waals surface area contributed by atoms with Gasteiger partial charge in [-0.3, -0.25) is 4.79 Å². The lowest BCUT2D eigenvalue weighted by molar-refractivity contribution is 0.0618. The Morgan fingerprint density at radius 1 is 1.33 bits per heavy atom. The molecule has 1 aromatic carbocycles. The Morgan fingerprint density at radius 3 is 2.71 bits per heavy atom. The zero-order valence-corrected chi connectivity index (χ0v) is 13.3. The average Bonchev–Trinajstić information content (AvgIpc) is 2.44. The van der Waals surface area contributed by atoms with Crippen LogP contribution in [0, 0.1) is 6.92 Å². The molecule has 21 heavy (non-hydrogen) atoms. The molecule has 0 aliphatic carbocycles. The fourth-order valence-corrected chi connectivity index (χ4v) is 3.19. The molecule has 1 heterocycles. The summed E-state index contributed by atoms with van der Waals surface area (Å²) >= 11 is 0. The molecule has 0 saturated carbocycles. The molecular formula is C15H22N2O3S. The van der Waals surface area contributed by atoms with Gasteiger partial charge in [0.1, 0.15) is 0 Å². The van der Waals surface area contributed by atoms with Gasteiger partial charge in [-0.1, -0.05) is 18.2 Å². The van der Waals surface area contributed by atoms with Crippen molar-refractivity contribution in [3.63, 3.8) is 0 Å². The summed E-state index contributed by atoms with van der Waals surface area (Å²) in [5.41, 5.74) is 1.65. The van der Waals surface area contributed by atoms with Gasteiger partial charge in [0.25, 0.3) is 5.91 Å². The highest BCUT2D eigenvalue weighted by Gasteiger charge is 2.28. The molecule has 0 unspecified atom stereocenters. The molecule has 2 rings (SSSR count). The molecule has 6 heteroatoms. The van der Waals surface area contributed by atoms with Gasteiger partial charge in [-0.25, -0.2) is 13.1 Å². The smallest absolute Gasteiger partial charge is 0.254 e. The minimum atomic E-state index is -3.23. The summed E-state index contributed by atoms with van der Waals surface area (Å²) in [6, 6.07) is 7.44. The molecule has 1 aliphatic heterocycles. The van der Waals surface area contributed by atoms with Crippen LogP contribution in [0.5, 0.6) is 0 Å². The lowest BCUT2D eigenvalue weighted by atomic mass is 9.99. The predicted octanol–water partition coefficient (Wildman–Crippen LogP) is 1.54. The number of hydrogen-bond donors (Lipinski definition) is 1. The summed E-state index contributed by atoms with van der Waals surface area (Å²) in [7, 11) is -3.23. The van der Waals surface area contributed by atoms with Crippen LogP contribution in [0.15, 0.2) is 24.3 Å². The lowest BCUT2D eigenvalue weighted by Crippen LogP contribution is -2.49. The van der Waals surface area contributed by atoms with Gasteiger partial charge in [0.2, 0.25) is 10.0 Å². The summed E-state index contributed by atoms with van der Waals surface area (Å²) in [5, 5.41) is 0. The number of carbonyl (C=O) groups is 1. The SMILES string of the molecule is Cc1ccccc1C(=O)N1CCCC[C@H]1CNS(C)(=O)=O. The van der Waals surface area contributed by atoms with Crippen LogP contribution in [-0.4, -0.2) is 44.6 Å². The Balaban J connectivity index is 2.15. The second-order valence-corrected chi connectivity index (χ2v) is 7.42. The van der Waals surface area contributed by atoms with Gasteiger partial charge < -0.3 is 4.90 Å². The maximum Gasteiger partial charge on any atom is 0.254 e. The van der Waals surface area contributed by atoms with Crippen molar-refractivity contribution < 1.29 is 13.2 Å². The van der Waals surface area contributed by atoms with E-state index in [9.17, 15) is 13.2 Å². The van der Waals surface area contributed by atoms with Crippen molar-refractivity contribution in [1.82, 2.24) is 9.62 Å². The third-order valence-corrected chi connectivity index (χ3v) is 4.54. The first-order valence-corrected chi connectivity index (χ1v) is 9.09. The number of carbonyl (C=O) groups excluding carboxylic acids is 1. The zero-order chi connectivity index (χ0) is 15.5. The van der Waals surface area contributed by atoms with Gasteiger partial charge in [-0.05, 0) is 37.8 Å². The van der Waals surface area contributed by atoms with E-state index in [1.165, 1.54) is 0 Å². The van der Waals surface area contributed by atoms with Crippen LogP contribution in [-0.2, 0) is 10.0 Å². The number of nitrogens with zero attached hydrogens (tertiary/aromatic N) is 1. The summed E-state index contributed by atoms with van der Waals surface area (Å²) < 4.78 is 25.0. The molecular weight excluding hydrogens is 288 g/mol. The van der Waals surface area contributed by atoms with Crippen molar-refractivity contribution >= 4 is 15.9 Å². The first-order valence-electron chi connectivity index (χ1n) is 7.20. The van der Waals surface area contributed by atoms with Crippen molar-refractivity contribution in [1.29, 1.82) is 0 Å². The van der Waals surface area contributed by atoms with E-state index in [-0.39, 0.29) is 18.5 Å². The number of amides is 1. The number of likely N-dealkylation sites (tertiary alicyclic amines) is 1. The first-order chi connectivity index (χ1) is 9.88. The highest BCUT2D eigenvalue weighted by Crippen LogP contribution is 2.20. The van der Waals surface area contributed by atoms with Gasteiger partial charge in [0.15, 0.2) is 0 Å². The van der Waals surface area contributed by atoms with Crippen LogP contribution in [0.3, 0.4) is 0 Å². The van der Waals surface area contributed by atoms with E-state index in [2.05, 4.69) is 4.72 Å². The van der Waals surface area contributed by atoms with Gasteiger partial charge in [0.05, 0.1) is 6.26 Å². The summed E-state index contributed by atoms with van der Waals surface area (Å²) in [5.74, 6) is -0.00639. The fourth-order valence-electron chi connectivity index (χ4n) is 2.70. The monoisotopic (exact) mass is 310 g/mol. The molecule has 1 atom stereocenters. The van der Waals surface area contributed by atoms with Gasteiger partial charge in [0, 0.05) is 24.7 Å². The van der Waals surface area contributed by atoms with Crippen LogP contribution in [0.2, 0.25) is 0 Å². The van der Waals surface area contributed by atoms with Gasteiger partial charge in [-0.2, -0.15) is 0 Å². The third-order valence-electron chi connectivity index (χ3n) is 3.84. The van der Waals surface area contributed by atoms with Crippen molar-refractivity contribution in [2.24, 2.45) is 0 Å². The second kappa shape index (κ2) is 6.58. The van der Waals surface area contributed by atoms with Gasteiger partial charge in [-0.15, -0.1) is 0 Å². The van der Waals surface area contributed by atoms with E-state index in [0.717, 1.165) is 31.1 Å². The van der Waals surface area contributed by atoms with E-state index >= 15 is 0 Å². The maximum absolute atomic E-state index is 12.7. The Hall–Kier alpha value is -1.40. The zero-order valence-electron chi connectivity index (χ0n) is 12.5. The molecule has 1 aromatic rings. The molecule has 1 fully saturated rings. The normalized spacial score (nSPS) is 19.5. The Labute approximate surface area is 126 Å². The summed E-state index contributed by atoms with van der Waals surface area (Å²) in [6.07, 6.45) is 3.96. The number of piperidine rings is 1. The number of aryl methyl sites for hydroxylation is 1. The van der Waals surface area contributed by atoms with Crippen LogP contribution < -0.4 is 4.72 Å². The largest absolute Gasteiger partial charge is 0.334 e. The standard InChI is InChI=1S/C15H22N2O3S/c1-12-7-3-4-9-14(12)15(18)17-10-6-5-8-13(17)11-16-21(2,19)20/h3-4,7,9,13,16H,5-6,8,10-11H2,1-2H3/t13-/m0/s1. The third kappa shape index (κ3) is 4.28. The highest BCUT2D eigenvalue weighted by molar-refractivity contribution is 7.88. The Morgan fingerprint density at radius 2 is 2.05 bits per heavy atom. The second-order valence-electron chi connectivity index (χ2n) is 5.58. The van der Waals surface area contributed by atoms with Crippen LogP contribution in [0.4, 0.5) is 0 Å². The lowest BCUT2D eigenvalue weighted by Gasteiger charge is -2.36. The van der Waals surface area contributed by atoms with Crippen molar-refractivity contribution in [3.05, 3.63) is 35.4 Å². The number of hydrogen-bond acceptors (Lipinski definition) is 3. The molecule has 1 aliphatic rings. The van der Waals surface area contributed by atoms with Crippen molar-refractivity contribution in [3.8, 4) is 0 Å². The van der Waals surface area contributed by atoms with Crippen molar-refractivity contribution in [2.75, 3.05) is 19.3 Å². The van der Waals surface area contributed by atoms with Crippen molar-refractivity contribution in [2.45, 2.75) is 32.2 Å². The van der Waals surface area contributed by atoms with E-state index in [0.29, 0.717) is 12.1 Å². The number of benzene rings is 1. The molecule has 1 amide bonds. The average molecular weight is 310 g/mol. The molecule has 5 nitrogen and oxygen atoms in total. The fraction of sp³-hybridized carbons (Fsp3) is 0.533. The van der Waals surface area contributed by atoms with Crippen LogP contribution in [0.25, 0.3) is 0 Å². The molecule has 0 spiro atoms. The predicted molar refractivity (Wildman–Crippen MR) is 82.7 cm³/mol. The van der Waals surface area contributed by atoms with Gasteiger partial charge >= 0.3 is 0 Å². The number of sulfonamides is 1.